The molecule has 0 bridgehead atoms. The first-order valence-electron chi connectivity index (χ1n) is 1.96. The summed E-state index contributed by atoms with van der Waals surface area (Å²) in [6, 6.07) is 0. The van der Waals surface area contributed by atoms with Crippen LogP contribution in [0.25, 0.3) is 0 Å². The summed E-state index contributed by atoms with van der Waals surface area (Å²) in [7, 11) is 1.40. The fourth-order valence-corrected chi connectivity index (χ4v) is 0.107. The van der Waals surface area contributed by atoms with Gasteiger partial charge in [-0.15, -0.1) is 0 Å². The number of rotatable bonds is 2. The lowest BCUT2D eigenvalue weighted by Gasteiger charge is -1.99. The number of hydrogen-bond acceptors (Lipinski definition) is 2. The van der Waals surface area contributed by atoms with Crippen molar-refractivity contribution in [3.05, 3.63) is 0 Å². The molecule has 1 radical (unpaired) electrons. The van der Waals surface area contributed by atoms with Crippen LogP contribution in [0.5, 0.6) is 0 Å². The molecule has 0 aliphatic carbocycles. The fourth-order valence-electron chi connectivity index (χ4n) is 0.107. The molecule has 3 heteroatoms. The maximum atomic E-state index is 9.92. The Bertz CT molecular complexity index is 72.1. The minimum absolute atomic E-state index is 0.569. The van der Waals surface area contributed by atoms with Crippen molar-refractivity contribution < 1.29 is 9.53 Å². The molecule has 1 N–H and O–H groups in total. The highest BCUT2D eigenvalue weighted by Crippen LogP contribution is 1.82. The normalized spacial score (nSPS) is 13.4. The Balaban J connectivity index is 3.34. The van der Waals surface area contributed by atoms with Gasteiger partial charge in [-0.05, 0) is 6.92 Å². The van der Waals surface area contributed by atoms with E-state index in [4.69, 9.17) is 5.73 Å². The first kappa shape index (κ1) is 6.43. The first-order chi connectivity index (χ1) is 3.18. The van der Waals surface area contributed by atoms with Crippen molar-refractivity contribution in [3.8, 4) is 0 Å². The van der Waals surface area contributed by atoms with E-state index in [1.165, 1.54) is 14.0 Å². The van der Waals surface area contributed by atoms with Crippen LogP contribution in [0.4, 0.5) is 0 Å². The topological polar surface area (TPSA) is 50.1 Å². The second-order valence-electron chi connectivity index (χ2n) is 1.24. The van der Waals surface area contributed by atoms with Gasteiger partial charge in [0, 0.05) is 7.11 Å². The van der Waals surface area contributed by atoms with Crippen LogP contribution in [0.15, 0.2) is 0 Å². The summed E-state index contributed by atoms with van der Waals surface area (Å²) < 4.78 is 4.47. The number of carbonyl (C=O) groups excluding carboxylic acids is 1. The van der Waals surface area contributed by atoms with E-state index < -0.39 is 12.0 Å². The molecule has 0 aliphatic heterocycles. The summed E-state index contributed by atoms with van der Waals surface area (Å²) in [6.07, 6.45) is -0.569. The molecule has 0 aliphatic rings. The quantitative estimate of drug-likeness (QED) is 0.486. The molecule has 0 aromatic carbocycles. The van der Waals surface area contributed by atoms with Crippen LogP contribution >= 0.6 is 0 Å². The Hall–Kier alpha value is -0.570. The highest BCUT2D eigenvalue weighted by molar-refractivity contribution is 5.77. The number of amides is 1. The molecular weight excluding hydrogens is 94.0 g/mol. The maximum absolute atomic E-state index is 9.92. The molecule has 0 rings (SSSR count). The molecule has 0 saturated heterocycles. The lowest BCUT2D eigenvalue weighted by atomic mass is 10.4. The van der Waals surface area contributed by atoms with Crippen molar-refractivity contribution in [1.82, 2.24) is 5.73 Å². The van der Waals surface area contributed by atoms with Gasteiger partial charge in [0.2, 0.25) is 0 Å². The number of ether oxygens (including phenoxy) is 1. The summed E-state index contributed by atoms with van der Waals surface area (Å²) in [5, 5.41) is 0. The third kappa shape index (κ3) is 2.17. The van der Waals surface area contributed by atoms with Crippen molar-refractivity contribution in [2.75, 3.05) is 7.11 Å². The molecule has 0 fully saturated rings. The number of methoxy groups -OCH3 is 1. The van der Waals surface area contributed by atoms with Gasteiger partial charge in [0.15, 0.2) is 0 Å². The Kier molecular flexibility index (Phi) is 2.37. The molecule has 1 amide bonds. The molecule has 7 heavy (non-hydrogen) atoms. The lowest BCUT2D eigenvalue weighted by Crippen LogP contribution is -2.18. The van der Waals surface area contributed by atoms with E-state index in [1.807, 2.05) is 0 Å². The smallest absolute Gasteiger partial charge is 0.267 e. The van der Waals surface area contributed by atoms with Crippen LogP contribution in [0.2, 0.25) is 0 Å². The van der Waals surface area contributed by atoms with Crippen LogP contribution in [0, 0.1) is 0 Å². The fraction of sp³-hybridized carbons (Fsp3) is 0.750. The third-order valence-electron chi connectivity index (χ3n) is 0.723. The predicted molar refractivity (Wildman–Crippen MR) is 24.6 cm³/mol. The largest absolute Gasteiger partial charge is 0.372 e. The predicted octanol–water partition coefficient (Wildman–Crippen LogP) is -0.169. The van der Waals surface area contributed by atoms with Gasteiger partial charge in [-0.3, -0.25) is 10.5 Å². The van der Waals surface area contributed by atoms with Gasteiger partial charge in [0.1, 0.15) is 6.10 Å². The van der Waals surface area contributed by atoms with E-state index in [1.54, 1.807) is 0 Å². The van der Waals surface area contributed by atoms with Crippen molar-refractivity contribution in [2.45, 2.75) is 13.0 Å². The summed E-state index contributed by atoms with van der Waals surface area (Å²) in [5.74, 6) is -0.678. The van der Waals surface area contributed by atoms with Gasteiger partial charge >= 0.3 is 0 Å². The molecule has 0 spiro atoms. The zero-order valence-electron chi connectivity index (χ0n) is 4.39. The Morgan fingerprint density at radius 2 is 2.29 bits per heavy atom. The van der Waals surface area contributed by atoms with E-state index >= 15 is 0 Å². The minimum Gasteiger partial charge on any atom is -0.372 e. The van der Waals surface area contributed by atoms with E-state index in [-0.39, 0.29) is 0 Å². The molecule has 0 saturated carbocycles. The highest BCUT2D eigenvalue weighted by Gasteiger charge is 2.04. The Labute approximate surface area is 42.4 Å². The minimum atomic E-state index is -0.678. The van der Waals surface area contributed by atoms with Gasteiger partial charge in [0.25, 0.3) is 5.91 Å². The monoisotopic (exact) mass is 102 g/mol. The van der Waals surface area contributed by atoms with E-state index in [2.05, 4.69) is 4.74 Å². The number of carbonyl (C=O) groups is 1. The SMILES string of the molecule is COC(C)C([NH])=O. The van der Waals surface area contributed by atoms with Crippen LogP contribution in [0.1, 0.15) is 6.92 Å². The zero-order chi connectivity index (χ0) is 5.86. The Morgan fingerprint density at radius 3 is 2.29 bits per heavy atom. The zero-order valence-corrected chi connectivity index (χ0v) is 4.39. The molecule has 0 aromatic heterocycles. The van der Waals surface area contributed by atoms with Crippen LogP contribution in [0.3, 0.4) is 0 Å². The van der Waals surface area contributed by atoms with Crippen LogP contribution in [-0.4, -0.2) is 19.1 Å². The average Bonchev–Trinajstić information content (AvgIpc) is 1.65. The third-order valence-corrected chi connectivity index (χ3v) is 0.723. The standard InChI is InChI=1S/C4H8NO2/c1-3(7-2)4(5)6/h3,5H,1-2H3. The summed E-state index contributed by atoms with van der Waals surface area (Å²) in [6.45, 7) is 1.54. The second kappa shape index (κ2) is 2.58. The van der Waals surface area contributed by atoms with Crippen molar-refractivity contribution >= 4 is 5.91 Å². The number of hydrogen-bond donors (Lipinski definition) is 0. The molecule has 1 unspecified atom stereocenters. The lowest BCUT2D eigenvalue weighted by molar-refractivity contribution is -0.127. The van der Waals surface area contributed by atoms with Crippen LogP contribution < -0.4 is 5.73 Å². The summed E-state index contributed by atoms with van der Waals surface area (Å²) >= 11 is 0. The summed E-state index contributed by atoms with van der Waals surface area (Å²) in [4.78, 5) is 9.92. The average molecular weight is 102 g/mol. The van der Waals surface area contributed by atoms with E-state index in [0.717, 1.165) is 0 Å². The van der Waals surface area contributed by atoms with Gasteiger partial charge in [-0.1, -0.05) is 0 Å². The molecular formula is C4H8NO2. The second-order valence-corrected chi connectivity index (χ2v) is 1.24. The van der Waals surface area contributed by atoms with Gasteiger partial charge < -0.3 is 4.74 Å². The highest BCUT2D eigenvalue weighted by atomic mass is 16.5. The van der Waals surface area contributed by atoms with E-state index in [0.29, 0.717) is 0 Å². The van der Waals surface area contributed by atoms with Gasteiger partial charge in [-0.2, -0.15) is 0 Å². The molecule has 41 valence electrons. The van der Waals surface area contributed by atoms with Gasteiger partial charge in [-0.25, -0.2) is 0 Å². The van der Waals surface area contributed by atoms with Crippen molar-refractivity contribution in [2.24, 2.45) is 0 Å². The molecule has 0 heterocycles. The first-order valence-corrected chi connectivity index (χ1v) is 1.96. The van der Waals surface area contributed by atoms with Crippen LogP contribution in [-0.2, 0) is 9.53 Å². The van der Waals surface area contributed by atoms with Crippen molar-refractivity contribution in [3.63, 3.8) is 0 Å². The molecule has 0 aromatic rings. The molecule has 1 atom stereocenters. The van der Waals surface area contributed by atoms with E-state index in [9.17, 15) is 4.79 Å². The Morgan fingerprint density at radius 1 is 1.86 bits per heavy atom. The maximum Gasteiger partial charge on any atom is 0.267 e. The van der Waals surface area contributed by atoms with Crippen molar-refractivity contribution in [1.29, 1.82) is 0 Å². The number of nitrogens with one attached hydrogen (secondary N) is 1. The molecule has 3 nitrogen and oxygen atoms in total. The van der Waals surface area contributed by atoms with Gasteiger partial charge in [0.05, 0.1) is 0 Å². The summed E-state index contributed by atoms with van der Waals surface area (Å²) in [5.41, 5.74) is 6.42.